The van der Waals surface area contributed by atoms with Gasteiger partial charge in [-0.05, 0) is 36.5 Å². The molecule has 1 aliphatic heterocycles. The van der Waals surface area contributed by atoms with Crippen molar-refractivity contribution in [2.75, 3.05) is 6.54 Å². The van der Waals surface area contributed by atoms with Crippen molar-refractivity contribution in [3.8, 4) is 11.3 Å². The summed E-state index contributed by atoms with van der Waals surface area (Å²) >= 11 is 3.45. The van der Waals surface area contributed by atoms with Gasteiger partial charge in [0.1, 0.15) is 11.9 Å². The first-order chi connectivity index (χ1) is 12.9. The van der Waals surface area contributed by atoms with E-state index < -0.39 is 0 Å². The number of H-pyrrole nitrogens is 1. The molecule has 1 aliphatic rings. The van der Waals surface area contributed by atoms with Gasteiger partial charge in [0.2, 0.25) is 5.91 Å². The van der Waals surface area contributed by atoms with E-state index in [-0.39, 0.29) is 23.9 Å². The first-order valence-corrected chi connectivity index (χ1v) is 9.98. The maximum absolute atomic E-state index is 13.1. The van der Waals surface area contributed by atoms with Gasteiger partial charge < -0.3 is 20.9 Å². The third kappa shape index (κ3) is 4.35. The number of likely N-dealkylation sites (tertiary alicyclic amines) is 1. The Morgan fingerprint density at radius 2 is 2.11 bits per heavy atom. The number of halogens is 1. The Morgan fingerprint density at radius 1 is 1.41 bits per heavy atom. The van der Waals surface area contributed by atoms with Crippen LogP contribution < -0.4 is 11.1 Å². The molecule has 2 heterocycles. The van der Waals surface area contributed by atoms with Gasteiger partial charge in [-0.1, -0.05) is 48.5 Å². The van der Waals surface area contributed by atoms with Crippen molar-refractivity contribution in [3.05, 3.63) is 53.2 Å². The second-order valence-corrected chi connectivity index (χ2v) is 8.19. The van der Waals surface area contributed by atoms with Crippen LogP contribution in [0.4, 0.5) is 0 Å². The van der Waals surface area contributed by atoms with Crippen LogP contribution in [0.25, 0.3) is 11.3 Å². The van der Waals surface area contributed by atoms with Crippen LogP contribution in [0.2, 0.25) is 0 Å². The molecule has 2 atom stereocenters. The van der Waals surface area contributed by atoms with Crippen molar-refractivity contribution < 1.29 is 4.79 Å². The number of imidazole rings is 1. The number of nitrogens with two attached hydrogens (primary N) is 1. The molecule has 4 N–H and O–H groups in total. The summed E-state index contributed by atoms with van der Waals surface area (Å²) in [4.78, 5) is 23.0. The molecule has 144 valence electrons. The molecular weight excluding hydrogens is 406 g/mol. The summed E-state index contributed by atoms with van der Waals surface area (Å²) in [5.41, 5.74) is 7.71. The minimum Gasteiger partial charge on any atom is -0.386 e. The van der Waals surface area contributed by atoms with Crippen LogP contribution in [0.1, 0.15) is 38.6 Å². The molecule has 0 spiro atoms. The summed E-state index contributed by atoms with van der Waals surface area (Å²) < 4.78 is 1.03. The molecule has 1 aromatic heterocycles. The number of aromatic amines is 1. The van der Waals surface area contributed by atoms with Gasteiger partial charge in [0.15, 0.2) is 0 Å². The zero-order chi connectivity index (χ0) is 19.6. The average Bonchev–Trinajstić information content (AvgIpc) is 3.28. The number of hydrogen-bond acceptors (Lipinski definition) is 4. The van der Waals surface area contributed by atoms with Crippen LogP contribution in [0.5, 0.6) is 0 Å². The number of benzene rings is 1. The first-order valence-electron chi connectivity index (χ1n) is 9.19. The number of carbonyl (C=O) groups is 1. The molecule has 0 saturated carbocycles. The van der Waals surface area contributed by atoms with Gasteiger partial charge >= 0.3 is 0 Å². The fourth-order valence-corrected chi connectivity index (χ4v) is 3.75. The van der Waals surface area contributed by atoms with E-state index in [9.17, 15) is 4.79 Å². The smallest absolute Gasteiger partial charge is 0.245 e. The van der Waals surface area contributed by atoms with E-state index in [1.54, 1.807) is 0 Å². The fourth-order valence-electron chi connectivity index (χ4n) is 3.49. The van der Waals surface area contributed by atoms with Crippen molar-refractivity contribution in [3.63, 3.8) is 0 Å². The Bertz CT molecular complexity index is 814. The second-order valence-electron chi connectivity index (χ2n) is 7.27. The molecule has 27 heavy (non-hydrogen) atoms. The molecule has 0 unspecified atom stereocenters. The average molecular weight is 432 g/mol. The first kappa shape index (κ1) is 19.5. The maximum atomic E-state index is 13.1. The molecule has 1 saturated heterocycles. The molecule has 6 nitrogen and oxygen atoms in total. The highest BCUT2D eigenvalue weighted by molar-refractivity contribution is 9.10. The summed E-state index contributed by atoms with van der Waals surface area (Å²) in [5, 5.41) is 3.02. The predicted octanol–water partition coefficient (Wildman–Crippen LogP) is 3.55. The number of rotatable bonds is 6. The van der Waals surface area contributed by atoms with E-state index in [0.29, 0.717) is 5.82 Å². The molecule has 0 bridgehead atoms. The van der Waals surface area contributed by atoms with E-state index in [1.807, 2.05) is 49.2 Å². The van der Waals surface area contributed by atoms with E-state index in [0.717, 1.165) is 40.9 Å². The molecule has 1 aromatic carbocycles. The minimum atomic E-state index is -0.385. The molecule has 0 aliphatic carbocycles. The van der Waals surface area contributed by atoms with Crippen LogP contribution >= 0.6 is 15.9 Å². The largest absolute Gasteiger partial charge is 0.386 e. The van der Waals surface area contributed by atoms with Gasteiger partial charge in [0.05, 0.1) is 23.8 Å². The molecule has 3 rings (SSSR count). The Kier molecular flexibility index (Phi) is 5.89. The summed E-state index contributed by atoms with van der Waals surface area (Å²) in [6.07, 6.45) is 3.69. The Balaban J connectivity index is 1.81. The lowest BCUT2D eigenvalue weighted by atomic mass is 10.0. The standard InChI is InChI=1S/C20H26BrN5O/c1-12(2)18(24-13(3)22)20(27)26-10-4-5-17(26)19-23-11-16(25-19)14-6-8-15(21)9-7-14/h6-9,11-12,17-18,24H,3-5,10,22H2,1-2H3,(H,23,25)/t17-,18-/m0/s1. The van der Waals surface area contributed by atoms with Crippen LogP contribution in [0.3, 0.4) is 0 Å². The predicted molar refractivity (Wildman–Crippen MR) is 111 cm³/mol. The Morgan fingerprint density at radius 3 is 2.74 bits per heavy atom. The highest BCUT2D eigenvalue weighted by Crippen LogP contribution is 2.32. The monoisotopic (exact) mass is 431 g/mol. The molecule has 1 fully saturated rings. The van der Waals surface area contributed by atoms with Gasteiger partial charge in [0.25, 0.3) is 0 Å². The van der Waals surface area contributed by atoms with Crippen LogP contribution in [-0.4, -0.2) is 33.4 Å². The van der Waals surface area contributed by atoms with Crippen LogP contribution in [-0.2, 0) is 4.79 Å². The lowest BCUT2D eigenvalue weighted by Crippen LogP contribution is -2.49. The maximum Gasteiger partial charge on any atom is 0.245 e. The lowest BCUT2D eigenvalue weighted by Gasteiger charge is -2.30. The van der Waals surface area contributed by atoms with Crippen LogP contribution in [0.15, 0.2) is 47.3 Å². The summed E-state index contributed by atoms with van der Waals surface area (Å²) in [7, 11) is 0. The second kappa shape index (κ2) is 8.17. The van der Waals surface area contributed by atoms with Gasteiger partial charge in [-0.3, -0.25) is 4.79 Å². The highest BCUT2D eigenvalue weighted by Gasteiger charge is 2.36. The van der Waals surface area contributed by atoms with Gasteiger partial charge in [0, 0.05) is 11.0 Å². The van der Waals surface area contributed by atoms with Crippen molar-refractivity contribution in [2.24, 2.45) is 11.7 Å². The van der Waals surface area contributed by atoms with Crippen molar-refractivity contribution in [2.45, 2.75) is 38.8 Å². The SMILES string of the molecule is C=C(N)N[C@H](C(=O)N1CCC[C@H]1c1ncc(-c2ccc(Br)cc2)[nH]1)C(C)C. The molecule has 1 amide bonds. The molecule has 7 heteroatoms. The molecule has 2 aromatic rings. The zero-order valence-corrected chi connectivity index (χ0v) is 17.3. The number of carbonyl (C=O) groups excluding carboxylic acids is 1. The molecular formula is C20H26BrN5O. The number of amides is 1. The van der Waals surface area contributed by atoms with E-state index in [2.05, 4.69) is 37.8 Å². The van der Waals surface area contributed by atoms with E-state index in [1.165, 1.54) is 0 Å². The minimum absolute atomic E-state index is 0.0423. The zero-order valence-electron chi connectivity index (χ0n) is 15.7. The quantitative estimate of drug-likeness (QED) is 0.652. The number of nitrogens with zero attached hydrogens (tertiary/aromatic N) is 2. The number of aromatic nitrogens is 2. The van der Waals surface area contributed by atoms with E-state index in [4.69, 9.17) is 5.73 Å². The topological polar surface area (TPSA) is 87.0 Å². The van der Waals surface area contributed by atoms with Gasteiger partial charge in [-0.2, -0.15) is 0 Å². The number of hydrogen-bond donors (Lipinski definition) is 3. The Labute approximate surface area is 168 Å². The van der Waals surface area contributed by atoms with Crippen LogP contribution in [0, 0.1) is 5.92 Å². The third-order valence-electron chi connectivity index (χ3n) is 4.88. The third-order valence-corrected chi connectivity index (χ3v) is 5.40. The summed E-state index contributed by atoms with van der Waals surface area (Å²) in [6.45, 7) is 8.41. The highest BCUT2D eigenvalue weighted by atomic mass is 79.9. The van der Waals surface area contributed by atoms with Crippen molar-refractivity contribution in [1.82, 2.24) is 20.2 Å². The van der Waals surface area contributed by atoms with Gasteiger partial charge in [-0.25, -0.2) is 4.98 Å². The fraction of sp³-hybridized carbons (Fsp3) is 0.400. The number of nitrogens with one attached hydrogen (secondary N) is 2. The normalized spacial score (nSPS) is 17.9. The summed E-state index contributed by atoms with van der Waals surface area (Å²) in [5.74, 6) is 1.29. The molecule has 0 radical (unpaired) electrons. The Hall–Kier alpha value is -2.28. The van der Waals surface area contributed by atoms with Gasteiger partial charge in [-0.15, -0.1) is 0 Å². The van der Waals surface area contributed by atoms with Crippen molar-refractivity contribution >= 4 is 21.8 Å². The van der Waals surface area contributed by atoms with E-state index >= 15 is 0 Å². The van der Waals surface area contributed by atoms with Crippen molar-refractivity contribution in [1.29, 1.82) is 0 Å². The lowest BCUT2D eigenvalue weighted by molar-refractivity contribution is -0.135. The summed E-state index contributed by atoms with van der Waals surface area (Å²) in [6, 6.07) is 7.63.